The molecule has 1 N–H and O–H groups in total. The Kier molecular flexibility index (Phi) is 7.29. The minimum atomic E-state index is -0.584. The second kappa shape index (κ2) is 8.97. The molecule has 122 valence electrons. The smallest absolute Gasteiger partial charge is 0.342 e. The second-order valence-corrected chi connectivity index (χ2v) is 4.68. The van der Waals surface area contributed by atoms with Crippen LogP contribution in [0.5, 0.6) is 11.5 Å². The molecule has 0 unspecified atom stereocenters. The van der Waals surface area contributed by atoms with Crippen LogP contribution in [0.3, 0.4) is 0 Å². The molecule has 5 nitrogen and oxygen atoms in total. The number of rotatable bonds is 8. The zero-order valence-electron chi connectivity index (χ0n) is 13.6. The first kappa shape index (κ1) is 17.9. The summed E-state index contributed by atoms with van der Waals surface area (Å²) in [6.45, 7) is 3.96. The fourth-order valence-electron chi connectivity index (χ4n) is 2.13. The topological polar surface area (TPSA) is 65.0 Å². The van der Waals surface area contributed by atoms with Crippen LogP contribution >= 0.6 is 0 Å². The lowest BCUT2D eigenvalue weighted by molar-refractivity contribution is -0.136. The van der Waals surface area contributed by atoms with E-state index in [0.29, 0.717) is 23.5 Å². The van der Waals surface area contributed by atoms with Crippen LogP contribution in [0.1, 0.15) is 38.7 Å². The van der Waals surface area contributed by atoms with E-state index in [-0.39, 0.29) is 17.9 Å². The van der Waals surface area contributed by atoms with Gasteiger partial charge in [0.2, 0.25) is 0 Å². The molecule has 0 spiro atoms. The summed E-state index contributed by atoms with van der Waals surface area (Å²) in [5.74, 6) is 0.304. The van der Waals surface area contributed by atoms with Gasteiger partial charge < -0.3 is 19.3 Å². The van der Waals surface area contributed by atoms with Gasteiger partial charge in [0.25, 0.3) is 0 Å². The van der Waals surface area contributed by atoms with E-state index >= 15 is 0 Å². The molecule has 1 aromatic rings. The molecule has 0 aromatic heterocycles. The summed E-state index contributed by atoms with van der Waals surface area (Å²) in [6.07, 6.45) is 2.07. The lowest BCUT2D eigenvalue weighted by Crippen LogP contribution is -2.12. The molecule has 0 amide bonds. The van der Waals surface area contributed by atoms with Crippen LogP contribution in [0.2, 0.25) is 0 Å². The molecule has 0 aliphatic rings. The molecule has 0 aliphatic heterocycles. The van der Waals surface area contributed by atoms with Crippen LogP contribution in [0.4, 0.5) is 0 Å². The van der Waals surface area contributed by atoms with Gasteiger partial charge in [0.15, 0.2) is 0 Å². The Balaban J connectivity index is 3.48. The monoisotopic (exact) mass is 308 g/mol. The summed E-state index contributed by atoms with van der Waals surface area (Å²) in [7, 11) is 3.01. The van der Waals surface area contributed by atoms with Crippen LogP contribution in [-0.4, -0.2) is 31.9 Å². The molecule has 0 aliphatic carbocycles. The van der Waals surface area contributed by atoms with Crippen molar-refractivity contribution in [3.63, 3.8) is 0 Å². The number of esters is 1. The van der Waals surface area contributed by atoms with Crippen LogP contribution in [0.25, 0.3) is 5.57 Å². The van der Waals surface area contributed by atoms with E-state index in [1.165, 1.54) is 14.2 Å². The number of aliphatic hydroxyl groups is 1. The van der Waals surface area contributed by atoms with Gasteiger partial charge in [-0.3, -0.25) is 0 Å². The molecule has 0 atom stereocenters. The first-order valence-electron chi connectivity index (χ1n) is 7.41. The highest BCUT2D eigenvalue weighted by atomic mass is 16.5. The zero-order chi connectivity index (χ0) is 16.5. The number of allylic oxidation sites excluding steroid dienone is 1. The summed E-state index contributed by atoms with van der Waals surface area (Å²) < 4.78 is 15.7. The fraction of sp³-hybridized carbons (Fsp3) is 0.471. The Hall–Kier alpha value is -2.17. The first-order chi connectivity index (χ1) is 10.6. The Bertz CT molecular complexity index is 512. The summed E-state index contributed by atoms with van der Waals surface area (Å²) in [5, 5.41) is 10.4. The van der Waals surface area contributed by atoms with Gasteiger partial charge in [0.05, 0.1) is 26.4 Å². The second-order valence-electron chi connectivity index (χ2n) is 4.68. The zero-order valence-corrected chi connectivity index (χ0v) is 13.6. The van der Waals surface area contributed by atoms with Crippen LogP contribution in [0.15, 0.2) is 24.0 Å². The van der Waals surface area contributed by atoms with Crippen molar-refractivity contribution in [2.75, 3.05) is 20.8 Å². The maximum Gasteiger partial charge on any atom is 0.342 e. The average molecular weight is 308 g/mol. The summed E-state index contributed by atoms with van der Waals surface area (Å²) in [5.41, 5.74) is 0.518. The number of ether oxygens (including phenoxy) is 3. The van der Waals surface area contributed by atoms with Crippen molar-refractivity contribution in [1.82, 2.24) is 0 Å². The molecule has 0 saturated carbocycles. The molecule has 0 fully saturated rings. The minimum Gasteiger partial charge on any atom is -0.511 e. The molecular formula is C17H24O5. The van der Waals surface area contributed by atoms with Gasteiger partial charge in [-0.15, -0.1) is 0 Å². The average Bonchev–Trinajstić information content (AvgIpc) is 2.53. The quantitative estimate of drug-likeness (QED) is 0.450. The van der Waals surface area contributed by atoms with Gasteiger partial charge in [-0.1, -0.05) is 19.4 Å². The third-order valence-corrected chi connectivity index (χ3v) is 3.21. The maximum atomic E-state index is 12.3. The fourth-order valence-corrected chi connectivity index (χ4v) is 2.13. The Labute approximate surface area is 131 Å². The lowest BCUT2D eigenvalue weighted by Gasteiger charge is -2.16. The van der Waals surface area contributed by atoms with Gasteiger partial charge in [0.1, 0.15) is 22.8 Å². The van der Waals surface area contributed by atoms with Crippen molar-refractivity contribution in [2.45, 2.75) is 33.1 Å². The highest BCUT2D eigenvalue weighted by Gasteiger charge is 2.25. The Morgan fingerprint density at radius 1 is 1.14 bits per heavy atom. The van der Waals surface area contributed by atoms with Crippen molar-refractivity contribution in [1.29, 1.82) is 0 Å². The molecule has 0 radical (unpaired) electrons. The van der Waals surface area contributed by atoms with Gasteiger partial charge in [-0.25, -0.2) is 4.79 Å². The Morgan fingerprint density at radius 3 is 2.18 bits per heavy atom. The number of unbranched alkanes of at least 4 members (excludes halogenated alkanes) is 1. The largest absolute Gasteiger partial charge is 0.511 e. The first-order valence-corrected chi connectivity index (χ1v) is 7.41. The van der Waals surface area contributed by atoms with Gasteiger partial charge in [-0.2, -0.15) is 0 Å². The molecule has 0 bridgehead atoms. The van der Waals surface area contributed by atoms with E-state index in [9.17, 15) is 9.90 Å². The van der Waals surface area contributed by atoms with E-state index in [4.69, 9.17) is 14.2 Å². The number of hydrogen-bond donors (Lipinski definition) is 1. The van der Waals surface area contributed by atoms with Gasteiger partial charge >= 0.3 is 5.97 Å². The van der Waals surface area contributed by atoms with Crippen molar-refractivity contribution >= 4 is 11.5 Å². The lowest BCUT2D eigenvalue weighted by atomic mass is 10.00. The van der Waals surface area contributed by atoms with E-state index in [2.05, 4.69) is 0 Å². The van der Waals surface area contributed by atoms with Crippen molar-refractivity contribution in [2.24, 2.45) is 0 Å². The standard InChI is InChI=1S/C17H24O5/c1-5-7-9-12(18)15(17(19)22-6-2)16-13(20-3)10-8-11-14(16)21-4/h8,10-11,18H,5-7,9H2,1-4H3/b15-12-. The Morgan fingerprint density at radius 2 is 1.73 bits per heavy atom. The number of benzene rings is 1. The van der Waals surface area contributed by atoms with Gasteiger partial charge in [0, 0.05) is 6.42 Å². The molecular weight excluding hydrogens is 284 g/mol. The number of hydrogen-bond acceptors (Lipinski definition) is 5. The van der Waals surface area contributed by atoms with Crippen LogP contribution in [0, 0.1) is 0 Å². The van der Waals surface area contributed by atoms with Crippen molar-refractivity contribution in [3.8, 4) is 11.5 Å². The third kappa shape index (κ3) is 4.16. The highest BCUT2D eigenvalue weighted by molar-refractivity contribution is 6.18. The highest BCUT2D eigenvalue weighted by Crippen LogP contribution is 2.37. The summed E-state index contributed by atoms with van der Waals surface area (Å²) in [4.78, 5) is 12.3. The molecule has 0 heterocycles. The van der Waals surface area contributed by atoms with Crippen molar-refractivity contribution in [3.05, 3.63) is 29.5 Å². The molecule has 1 aromatic carbocycles. The normalized spacial score (nSPS) is 11.6. The number of carbonyl (C=O) groups is 1. The van der Waals surface area contributed by atoms with Crippen LogP contribution < -0.4 is 9.47 Å². The molecule has 5 heteroatoms. The van der Waals surface area contributed by atoms with Crippen molar-refractivity contribution < 1.29 is 24.1 Å². The summed E-state index contributed by atoms with van der Waals surface area (Å²) >= 11 is 0. The van der Waals surface area contributed by atoms with E-state index in [1.54, 1.807) is 25.1 Å². The van der Waals surface area contributed by atoms with Gasteiger partial charge in [-0.05, 0) is 25.5 Å². The van der Waals surface area contributed by atoms with E-state index < -0.39 is 5.97 Å². The molecule has 1 rings (SSSR count). The molecule has 0 saturated heterocycles. The van der Waals surface area contributed by atoms with Crippen LogP contribution in [-0.2, 0) is 9.53 Å². The predicted octanol–water partition coefficient (Wildman–Crippen LogP) is 3.73. The summed E-state index contributed by atoms with van der Waals surface area (Å²) in [6, 6.07) is 5.18. The SMILES string of the molecule is CCCC/C(O)=C(/C(=O)OCC)c1c(OC)cccc1OC. The number of methoxy groups -OCH3 is 2. The van der Waals surface area contributed by atoms with E-state index in [0.717, 1.165) is 12.8 Å². The minimum absolute atomic E-state index is 0.0110. The molecule has 22 heavy (non-hydrogen) atoms. The number of carbonyl (C=O) groups excluding carboxylic acids is 1. The predicted molar refractivity (Wildman–Crippen MR) is 85.3 cm³/mol. The maximum absolute atomic E-state index is 12.3. The third-order valence-electron chi connectivity index (χ3n) is 3.21. The number of aliphatic hydroxyl groups excluding tert-OH is 1. The van der Waals surface area contributed by atoms with E-state index in [1.807, 2.05) is 6.92 Å².